The van der Waals surface area contributed by atoms with Gasteiger partial charge in [-0.15, -0.1) is 0 Å². The van der Waals surface area contributed by atoms with Gasteiger partial charge in [-0.3, -0.25) is 9.69 Å². The minimum Gasteiger partial charge on any atom is -0.354 e. The number of unbranched alkanes of at least 4 members (excludes halogenated alkanes) is 1. The molecule has 2 heterocycles. The first-order chi connectivity index (χ1) is 18.2. The molecule has 1 unspecified atom stereocenters. The second kappa shape index (κ2) is 14.1. The van der Waals surface area contributed by atoms with Gasteiger partial charge < -0.3 is 9.80 Å². The number of hydrogen-bond acceptors (Lipinski definition) is 4. The molecule has 3 rings (SSSR count). The highest BCUT2D eigenvalue weighted by Crippen LogP contribution is 2.32. The van der Waals surface area contributed by atoms with E-state index in [1.165, 1.54) is 12.1 Å². The number of carbonyl (C=O) groups is 1. The van der Waals surface area contributed by atoms with Gasteiger partial charge in [0.05, 0.1) is 17.9 Å². The highest BCUT2D eigenvalue weighted by Gasteiger charge is 2.30. The molecule has 1 amide bonds. The summed E-state index contributed by atoms with van der Waals surface area (Å²) in [5.74, 6) is 1.50. The van der Waals surface area contributed by atoms with Crippen LogP contribution >= 0.6 is 0 Å². The lowest BCUT2D eigenvalue weighted by atomic mass is 9.96. The van der Waals surface area contributed by atoms with E-state index in [0.717, 1.165) is 87.6 Å². The number of anilines is 1. The van der Waals surface area contributed by atoms with Crippen LogP contribution in [0.3, 0.4) is 0 Å². The number of benzene rings is 1. The summed E-state index contributed by atoms with van der Waals surface area (Å²) in [6.45, 7) is 20.4. The molecule has 0 saturated carbocycles. The van der Waals surface area contributed by atoms with Crippen LogP contribution in [0.5, 0.6) is 0 Å². The minimum absolute atomic E-state index is 0.0592. The number of aryl methyl sites for hydroxylation is 1. The van der Waals surface area contributed by atoms with Crippen molar-refractivity contribution in [1.82, 2.24) is 19.6 Å². The van der Waals surface area contributed by atoms with Crippen LogP contribution in [0.2, 0.25) is 0 Å². The fourth-order valence-corrected chi connectivity index (χ4v) is 5.54. The molecule has 1 aliphatic heterocycles. The van der Waals surface area contributed by atoms with E-state index in [1.54, 1.807) is 12.1 Å². The van der Waals surface area contributed by atoms with Crippen molar-refractivity contribution in [3.8, 4) is 5.69 Å². The van der Waals surface area contributed by atoms with Gasteiger partial charge in [0.15, 0.2) is 0 Å². The lowest BCUT2D eigenvalue weighted by Gasteiger charge is -2.39. The monoisotopic (exact) mass is 527 g/mol. The molecule has 0 N–H and O–H groups in total. The molecule has 1 aromatic carbocycles. The van der Waals surface area contributed by atoms with Gasteiger partial charge in [0.2, 0.25) is 5.91 Å². The molecule has 212 valence electrons. The van der Waals surface area contributed by atoms with E-state index >= 15 is 0 Å². The van der Waals surface area contributed by atoms with E-state index in [2.05, 4.69) is 63.2 Å². The van der Waals surface area contributed by atoms with Crippen molar-refractivity contribution in [2.24, 2.45) is 11.8 Å². The summed E-state index contributed by atoms with van der Waals surface area (Å²) in [5.41, 5.74) is 3.00. The van der Waals surface area contributed by atoms with Crippen LogP contribution in [0.4, 0.5) is 10.2 Å². The number of rotatable bonds is 13. The van der Waals surface area contributed by atoms with Gasteiger partial charge in [0, 0.05) is 50.2 Å². The van der Waals surface area contributed by atoms with Crippen molar-refractivity contribution in [3.63, 3.8) is 0 Å². The van der Waals surface area contributed by atoms with E-state index in [-0.39, 0.29) is 17.6 Å². The second-order valence-corrected chi connectivity index (χ2v) is 11.5. The van der Waals surface area contributed by atoms with E-state index in [1.807, 2.05) is 4.68 Å². The molecule has 38 heavy (non-hydrogen) atoms. The Hall–Kier alpha value is -2.41. The van der Waals surface area contributed by atoms with E-state index in [0.29, 0.717) is 18.5 Å². The first-order valence-electron chi connectivity index (χ1n) is 14.8. The normalized spacial score (nSPS) is 15.5. The van der Waals surface area contributed by atoms with Crippen molar-refractivity contribution in [2.75, 3.05) is 37.6 Å². The van der Waals surface area contributed by atoms with Crippen molar-refractivity contribution >= 4 is 11.7 Å². The Morgan fingerprint density at radius 1 is 1.03 bits per heavy atom. The summed E-state index contributed by atoms with van der Waals surface area (Å²) < 4.78 is 15.8. The minimum atomic E-state index is -0.254. The summed E-state index contributed by atoms with van der Waals surface area (Å²) >= 11 is 0. The molecule has 1 fully saturated rings. The number of carbonyl (C=O) groups excluding carboxylic acids is 1. The third kappa shape index (κ3) is 7.37. The third-order valence-corrected chi connectivity index (χ3v) is 7.78. The van der Waals surface area contributed by atoms with Crippen molar-refractivity contribution in [3.05, 3.63) is 41.3 Å². The molecule has 1 aliphatic rings. The molecule has 0 radical (unpaired) electrons. The molecule has 1 saturated heterocycles. The lowest BCUT2D eigenvalue weighted by molar-refractivity contribution is -0.137. The Kier molecular flexibility index (Phi) is 11.2. The maximum Gasteiger partial charge on any atom is 0.225 e. The fraction of sp³-hybridized carbons (Fsp3) is 0.677. The summed E-state index contributed by atoms with van der Waals surface area (Å²) in [6.07, 6.45) is 4.77. The van der Waals surface area contributed by atoms with Gasteiger partial charge in [-0.25, -0.2) is 9.07 Å². The third-order valence-electron chi connectivity index (χ3n) is 7.78. The summed E-state index contributed by atoms with van der Waals surface area (Å²) in [4.78, 5) is 20.9. The Labute approximate surface area is 230 Å². The highest BCUT2D eigenvalue weighted by atomic mass is 19.1. The van der Waals surface area contributed by atoms with Gasteiger partial charge in [-0.1, -0.05) is 47.5 Å². The van der Waals surface area contributed by atoms with Crippen LogP contribution in [0.1, 0.15) is 85.4 Å². The molecule has 7 heteroatoms. The number of piperazine rings is 1. The van der Waals surface area contributed by atoms with Crippen LogP contribution < -0.4 is 4.90 Å². The lowest BCUT2D eigenvalue weighted by Crippen LogP contribution is -2.49. The highest BCUT2D eigenvalue weighted by molar-refractivity contribution is 5.79. The molecular formula is C31H50FN5O. The quantitative estimate of drug-likeness (QED) is 0.306. The second-order valence-electron chi connectivity index (χ2n) is 11.5. The van der Waals surface area contributed by atoms with Crippen LogP contribution in [-0.4, -0.2) is 64.3 Å². The summed E-state index contributed by atoms with van der Waals surface area (Å²) in [6, 6.07) is 7.11. The van der Waals surface area contributed by atoms with Crippen LogP contribution in [0.25, 0.3) is 5.69 Å². The van der Waals surface area contributed by atoms with Crippen LogP contribution in [0.15, 0.2) is 24.3 Å². The standard InChI is InChI=1S/C31H50FN5O/c1-8-11-12-25(9-2)31(38)36(21-23(4)5)22-28-29(10-3)33-37(27-15-13-26(32)14-16-27)30(28)35-19-17-34(18-20-35)24(6)7/h13-16,23-25H,8-12,17-22H2,1-7H3. The first-order valence-corrected chi connectivity index (χ1v) is 14.8. The van der Waals surface area contributed by atoms with Crippen molar-refractivity contribution in [2.45, 2.75) is 93.2 Å². The smallest absolute Gasteiger partial charge is 0.225 e. The zero-order valence-corrected chi connectivity index (χ0v) is 24.8. The number of hydrogen-bond donors (Lipinski definition) is 0. The molecule has 1 aromatic heterocycles. The van der Waals surface area contributed by atoms with E-state index in [4.69, 9.17) is 5.10 Å². The molecule has 0 spiro atoms. The molecular weight excluding hydrogens is 477 g/mol. The van der Waals surface area contributed by atoms with E-state index in [9.17, 15) is 9.18 Å². The number of nitrogens with zero attached hydrogens (tertiary/aromatic N) is 5. The maximum absolute atomic E-state index is 13.9. The SMILES string of the molecule is CCCCC(CC)C(=O)N(Cc1c(CC)nn(-c2ccc(F)cc2)c1N1CCN(C(C)C)CC1)CC(C)C. The number of amides is 1. The van der Waals surface area contributed by atoms with Gasteiger partial charge in [0.1, 0.15) is 11.6 Å². The fourth-order valence-electron chi connectivity index (χ4n) is 5.54. The summed E-state index contributed by atoms with van der Waals surface area (Å²) in [5, 5.41) is 5.07. The molecule has 1 atom stereocenters. The Bertz CT molecular complexity index is 1010. The largest absolute Gasteiger partial charge is 0.354 e. The van der Waals surface area contributed by atoms with Gasteiger partial charge in [-0.2, -0.15) is 5.10 Å². The molecule has 0 bridgehead atoms. The molecule has 0 aliphatic carbocycles. The molecule has 2 aromatic rings. The Morgan fingerprint density at radius 2 is 1.68 bits per heavy atom. The predicted octanol–water partition coefficient (Wildman–Crippen LogP) is 6.31. The maximum atomic E-state index is 13.9. The summed E-state index contributed by atoms with van der Waals surface area (Å²) in [7, 11) is 0. The van der Waals surface area contributed by atoms with Crippen LogP contribution in [0, 0.1) is 17.7 Å². The van der Waals surface area contributed by atoms with E-state index < -0.39 is 0 Å². The Morgan fingerprint density at radius 3 is 2.21 bits per heavy atom. The Balaban J connectivity index is 2.06. The number of halogens is 1. The topological polar surface area (TPSA) is 44.6 Å². The first kappa shape index (κ1) is 30.1. The van der Waals surface area contributed by atoms with Crippen molar-refractivity contribution < 1.29 is 9.18 Å². The van der Waals surface area contributed by atoms with Gasteiger partial charge >= 0.3 is 0 Å². The predicted molar refractivity (Wildman–Crippen MR) is 155 cm³/mol. The number of aromatic nitrogens is 2. The van der Waals surface area contributed by atoms with Crippen LogP contribution in [-0.2, 0) is 17.8 Å². The molecule has 6 nitrogen and oxygen atoms in total. The zero-order chi connectivity index (χ0) is 27.8. The van der Waals surface area contributed by atoms with Crippen molar-refractivity contribution in [1.29, 1.82) is 0 Å². The van der Waals surface area contributed by atoms with Gasteiger partial charge in [0.25, 0.3) is 0 Å². The average Bonchev–Trinajstić information content (AvgIpc) is 3.26. The average molecular weight is 528 g/mol. The van der Waals surface area contributed by atoms with Gasteiger partial charge in [-0.05, 0) is 63.3 Å². The zero-order valence-electron chi connectivity index (χ0n) is 24.8.